The van der Waals surface area contributed by atoms with Crippen LogP contribution in [0.25, 0.3) is 0 Å². The number of rotatable bonds is 0. The van der Waals surface area contributed by atoms with Gasteiger partial charge in [0, 0.05) is 10.8 Å². The van der Waals surface area contributed by atoms with Crippen LogP contribution in [0, 0.1) is 0 Å². The maximum Gasteiger partial charge on any atom is 0.0613 e. The van der Waals surface area contributed by atoms with E-state index >= 15 is 0 Å². The number of hydrogen-bond donors (Lipinski definition) is 0. The van der Waals surface area contributed by atoms with E-state index in [1.165, 1.54) is 16.7 Å². The van der Waals surface area contributed by atoms with E-state index in [-0.39, 0.29) is 10.8 Å². The van der Waals surface area contributed by atoms with E-state index in [1.54, 1.807) is 0 Å². The van der Waals surface area contributed by atoms with E-state index in [4.69, 9.17) is 0 Å². The highest BCUT2D eigenvalue weighted by Gasteiger charge is 2.47. The van der Waals surface area contributed by atoms with Gasteiger partial charge in [0.05, 0.1) is 3.39 Å². The number of fused-ring (bicyclic) bond motifs is 1. The quantitative estimate of drug-likeness (QED) is 0.603. The summed E-state index contributed by atoms with van der Waals surface area (Å²) in [6.45, 7) is 9.16. The summed E-state index contributed by atoms with van der Waals surface area (Å²) in [5, 5.41) is 0. The third kappa shape index (κ3) is 1.53. The van der Waals surface area contributed by atoms with Crippen LogP contribution < -0.4 is 0 Å². The lowest BCUT2D eigenvalue weighted by Crippen LogP contribution is -2.23. The van der Waals surface area contributed by atoms with Gasteiger partial charge in [-0.2, -0.15) is 0 Å². The number of halogens is 2. The topological polar surface area (TPSA) is 0 Å². The summed E-state index contributed by atoms with van der Waals surface area (Å²) in [4.78, 5) is 0. The minimum Gasteiger partial charge on any atom is -0.0619 e. The van der Waals surface area contributed by atoms with Crippen LogP contribution in [-0.4, -0.2) is 0 Å². The summed E-state index contributed by atoms with van der Waals surface area (Å²) in [7, 11) is 0. The monoisotopic (exact) mass is 342 g/mol. The molecule has 0 fully saturated rings. The van der Waals surface area contributed by atoms with Gasteiger partial charge in [0.25, 0.3) is 0 Å². The normalized spacial score (nSPS) is 20.8. The SMILES string of the molecule is CC1(C)C(=C(Br)Br)C(C)(C)c2ccccc21. The van der Waals surface area contributed by atoms with Crippen molar-refractivity contribution < 1.29 is 0 Å². The summed E-state index contributed by atoms with van der Waals surface area (Å²) >= 11 is 7.22. The van der Waals surface area contributed by atoms with Crippen molar-refractivity contribution in [3.63, 3.8) is 0 Å². The Kier molecular flexibility index (Phi) is 2.87. The molecular formula is C14H16Br2. The van der Waals surface area contributed by atoms with Gasteiger partial charge < -0.3 is 0 Å². The van der Waals surface area contributed by atoms with Gasteiger partial charge in [-0.25, -0.2) is 0 Å². The fourth-order valence-electron chi connectivity index (χ4n) is 3.10. The average molecular weight is 344 g/mol. The summed E-state index contributed by atoms with van der Waals surface area (Å²) in [5.74, 6) is 0. The maximum atomic E-state index is 3.61. The molecule has 86 valence electrons. The van der Waals surface area contributed by atoms with Crippen molar-refractivity contribution >= 4 is 31.9 Å². The molecule has 2 heteroatoms. The molecule has 1 aliphatic rings. The van der Waals surface area contributed by atoms with Crippen molar-refractivity contribution in [1.29, 1.82) is 0 Å². The van der Waals surface area contributed by atoms with E-state index in [1.807, 2.05) is 0 Å². The van der Waals surface area contributed by atoms with Gasteiger partial charge in [-0.1, -0.05) is 52.0 Å². The smallest absolute Gasteiger partial charge is 0.0613 e. The predicted molar refractivity (Wildman–Crippen MR) is 77.4 cm³/mol. The lowest BCUT2D eigenvalue weighted by molar-refractivity contribution is 0.551. The minimum atomic E-state index is 0.0857. The largest absolute Gasteiger partial charge is 0.0619 e. The van der Waals surface area contributed by atoms with E-state index in [2.05, 4.69) is 83.8 Å². The molecule has 0 unspecified atom stereocenters. The summed E-state index contributed by atoms with van der Waals surface area (Å²) in [5.41, 5.74) is 4.46. The number of benzene rings is 1. The molecule has 0 saturated heterocycles. The molecule has 16 heavy (non-hydrogen) atoms. The lowest BCUT2D eigenvalue weighted by Gasteiger charge is -2.29. The van der Waals surface area contributed by atoms with Gasteiger partial charge in [0.2, 0.25) is 0 Å². The molecule has 2 rings (SSSR count). The number of hydrogen-bond acceptors (Lipinski definition) is 0. The van der Waals surface area contributed by atoms with Crippen molar-refractivity contribution in [3.8, 4) is 0 Å². The Balaban J connectivity index is 2.82. The number of allylic oxidation sites excluding steroid dienone is 1. The molecule has 0 N–H and O–H groups in total. The molecule has 1 aromatic rings. The van der Waals surface area contributed by atoms with Crippen LogP contribution in [0.15, 0.2) is 33.2 Å². The lowest BCUT2D eigenvalue weighted by atomic mass is 9.77. The molecule has 0 heterocycles. The zero-order chi connectivity index (χ0) is 12.1. The highest BCUT2D eigenvalue weighted by Crippen LogP contribution is 2.55. The van der Waals surface area contributed by atoms with Crippen LogP contribution in [0.5, 0.6) is 0 Å². The molecule has 0 spiro atoms. The molecule has 0 aliphatic heterocycles. The molecule has 1 aromatic carbocycles. The van der Waals surface area contributed by atoms with Crippen LogP contribution in [0.4, 0.5) is 0 Å². The molecule has 0 nitrogen and oxygen atoms in total. The van der Waals surface area contributed by atoms with E-state index in [0.29, 0.717) is 0 Å². The second-order valence-corrected chi connectivity index (χ2v) is 8.08. The minimum absolute atomic E-state index is 0.0857. The Labute approximate surface area is 114 Å². The molecule has 0 amide bonds. The second kappa shape index (κ2) is 3.71. The van der Waals surface area contributed by atoms with Gasteiger partial charge in [0.15, 0.2) is 0 Å². The van der Waals surface area contributed by atoms with Gasteiger partial charge >= 0.3 is 0 Å². The zero-order valence-electron chi connectivity index (χ0n) is 10.1. The zero-order valence-corrected chi connectivity index (χ0v) is 13.2. The first-order chi connectivity index (χ1) is 7.29. The summed E-state index contributed by atoms with van der Waals surface area (Å²) in [6, 6.07) is 8.74. The molecule has 0 saturated carbocycles. The van der Waals surface area contributed by atoms with Crippen molar-refractivity contribution in [2.75, 3.05) is 0 Å². The van der Waals surface area contributed by atoms with Gasteiger partial charge in [-0.15, -0.1) is 0 Å². The van der Waals surface area contributed by atoms with Crippen molar-refractivity contribution in [2.45, 2.75) is 38.5 Å². The van der Waals surface area contributed by atoms with E-state index in [9.17, 15) is 0 Å². The Morgan fingerprint density at radius 2 is 1.25 bits per heavy atom. The molecule has 0 aromatic heterocycles. The summed E-state index contributed by atoms with van der Waals surface area (Å²) < 4.78 is 1.09. The van der Waals surface area contributed by atoms with Gasteiger partial charge in [-0.05, 0) is 48.6 Å². The van der Waals surface area contributed by atoms with Crippen LogP contribution in [0.1, 0.15) is 38.8 Å². The fraction of sp³-hybridized carbons (Fsp3) is 0.429. The molecule has 1 aliphatic carbocycles. The predicted octanol–water partition coefficient (Wildman–Crippen LogP) is 5.26. The Hall–Kier alpha value is -0.0800. The standard InChI is InChI=1S/C14H16Br2/c1-13(2)9-7-5-6-8-10(9)14(3,4)11(13)12(15)16/h5-8H,1-4H3. The van der Waals surface area contributed by atoms with E-state index < -0.39 is 0 Å². The second-order valence-electron chi connectivity index (χ2n) is 5.43. The highest BCUT2D eigenvalue weighted by atomic mass is 79.9. The van der Waals surface area contributed by atoms with Gasteiger partial charge in [0.1, 0.15) is 0 Å². The molecule has 0 bridgehead atoms. The first kappa shape index (κ1) is 12.4. The fourth-order valence-corrected chi connectivity index (χ4v) is 5.08. The molecule has 0 atom stereocenters. The third-order valence-corrected chi connectivity index (χ3v) is 4.51. The van der Waals surface area contributed by atoms with Crippen molar-refractivity contribution in [1.82, 2.24) is 0 Å². The molecule has 0 radical (unpaired) electrons. The van der Waals surface area contributed by atoms with Crippen LogP contribution in [0.2, 0.25) is 0 Å². The molecular weight excluding hydrogens is 328 g/mol. The van der Waals surface area contributed by atoms with Crippen LogP contribution in [0.3, 0.4) is 0 Å². The first-order valence-corrected chi connectivity index (χ1v) is 7.04. The van der Waals surface area contributed by atoms with Crippen LogP contribution >= 0.6 is 31.9 Å². The third-order valence-electron chi connectivity index (χ3n) is 3.71. The first-order valence-electron chi connectivity index (χ1n) is 5.46. The van der Waals surface area contributed by atoms with Crippen molar-refractivity contribution in [3.05, 3.63) is 44.4 Å². The Morgan fingerprint density at radius 1 is 0.875 bits per heavy atom. The maximum absolute atomic E-state index is 3.61. The van der Waals surface area contributed by atoms with Crippen molar-refractivity contribution in [2.24, 2.45) is 0 Å². The van der Waals surface area contributed by atoms with Gasteiger partial charge in [-0.3, -0.25) is 0 Å². The Morgan fingerprint density at radius 3 is 1.56 bits per heavy atom. The summed E-state index contributed by atoms with van der Waals surface area (Å²) in [6.07, 6.45) is 0. The average Bonchev–Trinajstić information content (AvgIpc) is 2.31. The Bertz CT molecular complexity index is 426. The highest BCUT2D eigenvalue weighted by molar-refractivity contribution is 9.28. The van der Waals surface area contributed by atoms with Crippen LogP contribution in [-0.2, 0) is 10.8 Å². The van der Waals surface area contributed by atoms with E-state index in [0.717, 1.165) is 3.39 Å².